The van der Waals surface area contributed by atoms with Gasteiger partial charge in [0, 0.05) is 24.1 Å². The average Bonchev–Trinajstić information content (AvgIpc) is 2.71. The maximum Gasteiger partial charge on any atom is 0.355 e. The van der Waals surface area contributed by atoms with Gasteiger partial charge in [0.1, 0.15) is 0 Å². The van der Waals surface area contributed by atoms with Crippen LogP contribution in [0.25, 0.3) is 0 Å². The quantitative estimate of drug-likeness (QED) is 0.879. The lowest BCUT2D eigenvalue weighted by Crippen LogP contribution is -2.30. The van der Waals surface area contributed by atoms with Crippen LogP contribution in [0.3, 0.4) is 0 Å². The van der Waals surface area contributed by atoms with Gasteiger partial charge >= 0.3 is 5.97 Å². The Morgan fingerprint density at radius 2 is 2.22 bits per heavy atom. The maximum absolute atomic E-state index is 10.9. The number of thiazole rings is 1. The van der Waals surface area contributed by atoms with Gasteiger partial charge in [-0.1, -0.05) is 0 Å². The van der Waals surface area contributed by atoms with E-state index in [1.54, 1.807) is 6.92 Å². The number of nitrogens with one attached hydrogen (secondary N) is 1. The maximum atomic E-state index is 10.9. The van der Waals surface area contributed by atoms with Crippen LogP contribution < -0.4 is 5.32 Å². The number of carboxylic acids is 1. The number of aromatic nitrogens is 1. The molecule has 1 unspecified atom stereocenters. The number of rotatable bonds is 4. The Hall–Kier alpha value is -1.14. The van der Waals surface area contributed by atoms with Crippen LogP contribution in [0.1, 0.15) is 35.1 Å². The molecule has 1 aromatic heterocycles. The van der Waals surface area contributed by atoms with E-state index in [4.69, 9.17) is 9.84 Å². The summed E-state index contributed by atoms with van der Waals surface area (Å²) < 4.78 is 5.34. The van der Waals surface area contributed by atoms with Crippen LogP contribution in [-0.4, -0.2) is 35.3 Å². The van der Waals surface area contributed by atoms with Crippen molar-refractivity contribution < 1.29 is 14.6 Å². The molecule has 1 aromatic rings. The Morgan fingerprint density at radius 1 is 1.56 bits per heavy atom. The molecule has 0 aromatic carbocycles. The topological polar surface area (TPSA) is 71.5 Å². The number of carbonyl (C=O) groups is 1. The largest absolute Gasteiger partial charge is 0.476 e. The van der Waals surface area contributed by atoms with Crippen molar-refractivity contribution >= 4 is 22.4 Å². The lowest BCUT2D eigenvalue weighted by molar-refractivity contribution is 0.0622. The van der Waals surface area contributed by atoms with E-state index in [2.05, 4.69) is 17.2 Å². The predicted molar refractivity (Wildman–Crippen MR) is 70.4 cm³/mol. The van der Waals surface area contributed by atoms with Gasteiger partial charge in [-0.25, -0.2) is 9.78 Å². The molecule has 0 aliphatic carbocycles. The summed E-state index contributed by atoms with van der Waals surface area (Å²) in [6, 6.07) is 0.293. The monoisotopic (exact) mass is 270 g/mol. The number of aromatic carboxylic acids is 1. The van der Waals surface area contributed by atoms with E-state index in [1.165, 1.54) is 11.3 Å². The van der Waals surface area contributed by atoms with E-state index in [-0.39, 0.29) is 5.69 Å². The molecule has 5 nitrogen and oxygen atoms in total. The summed E-state index contributed by atoms with van der Waals surface area (Å²) in [5, 5.41) is 13.0. The Bertz CT molecular complexity index is 427. The average molecular weight is 270 g/mol. The van der Waals surface area contributed by atoms with E-state index in [0.717, 1.165) is 30.9 Å². The van der Waals surface area contributed by atoms with Gasteiger partial charge in [0.05, 0.1) is 0 Å². The third-order valence-electron chi connectivity index (χ3n) is 3.32. The van der Waals surface area contributed by atoms with Crippen molar-refractivity contribution in [1.82, 2.24) is 4.98 Å². The molecule has 0 radical (unpaired) electrons. The summed E-state index contributed by atoms with van der Waals surface area (Å²) in [7, 11) is 0. The van der Waals surface area contributed by atoms with Crippen LogP contribution in [0, 0.1) is 12.8 Å². The van der Waals surface area contributed by atoms with E-state index >= 15 is 0 Å². The molecule has 0 spiro atoms. The van der Waals surface area contributed by atoms with Gasteiger partial charge in [-0.05, 0) is 32.6 Å². The summed E-state index contributed by atoms with van der Waals surface area (Å²) in [5.41, 5.74) is 0.154. The molecular weight excluding hydrogens is 252 g/mol. The molecular formula is C12H18N2O3S. The van der Waals surface area contributed by atoms with Gasteiger partial charge in [0.25, 0.3) is 0 Å². The zero-order valence-electron chi connectivity index (χ0n) is 10.6. The summed E-state index contributed by atoms with van der Waals surface area (Å²) in [4.78, 5) is 15.8. The van der Waals surface area contributed by atoms with Crippen LogP contribution in [0.4, 0.5) is 5.13 Å². The van der Waals surface area contributed by atoms with E-state index < -0.39 is 5.97 Å². The fourth-order valence-corrected chi connectivity index (χ4v) is 3.09. The van der Waals surface area contributed by atoms with Gasteiger partial charge in [-0.2, -0.15) is 0 Å². The number of anilines is 1. The first-order valence-electron chi connectivity index (χ1n) is 6.13. The number of nitrogens with zero attached hydrogens (tertiary/aromatic N) is 1. The van der Waals surface area contributed by atoms with Crippen molar-refractivity contribution in [2.24, 2.45) is 5.92 Å². The first-order valence-corrected chi connectivity index (χ1v) is 6.94. The summed E-state index contributed by atoms with van der Waals surface area (Å²) in [6.45, 7) is 5.53. The zero-order valence-corrected chi connectivity index (χ0v) is 11.4. The first-order chi connectivity index (χ1) is 8.58. The standard InChI is InChI=1S/C12H18N2O3S/c1-7(9-3-5-17-6-4-9)13-12-14-10(11(15)16)8(2)18-12/h7,9H,3-6H2,1-2H3,(H,13,14)(H,15,16). The zero-order chi connectivity index (χ0) is 13.1. The van der Waals surface area contributed by atoms with Gasteiger partial charge in [0.15, 0.2) is 10.8 Å². The highest BCUT2D eigenvalue weighted by molar-refractivity contribution is 7.15. The second-order valence-electron chi connectivity index (χ2n) is 4.61. The number of aryl methyl sites for hydroxylation is 1. The molecule has 2 rings (SSSR count). The molecule has 0 saturated carbocycles. The number of hydrogen-bond donors (Lipinski definition) is 2. The van der Waals surface area contributed by atoms with Gasteiger partial charge in [0.2, 0.25) is 0 Å². The van der Waals surface area contributed by atoms with Crippen LogP contribution in [-0.2, 0) is 4.74 Å². The number of ether oxygens (including phenoxy) is 1. The van der Waals surface area contributed by atoms with Crippen molar-refractivity contribution in [2.75, 3.05) is 18.5 Å². The van der Waals surface area contributed by atoms with Gasteiger partial charge in [-0.15, -0.1) is 11.3 Å². The second-order valence-corrected chi connectivity index (χ2v) is 5.81. The summed E-state index contributed by atoms with van der Waals surface area (Å²) >= 11 is 1.40. The lowest BCUT2D eigenvalue weighted by Gasteiger charge is -2.28. The van der Waals surface area contributed by atoms with Crippen LogP contribution in [0.5, 0.6) is 0 Å². The Morgan fingerprint density at radius 3 is 2.78 bits per heavy atom. The first kappa shape index (κ1) is 13.3. The van der Waals surface area contributed by atoms with Crippen molar-refractivity contribution in [3.05, 3.63) is 10.6 Å². The van der Waals surface area contributed by atoms with Crippen LogP contribution in [0.2, 0.25) is 0 Å². The Kier molecular flexibility index (Phi) is 4.19. The van der Waals surface area contributed by atoms with Crippen molar-refractivity contribution in [3.63, 3.8) is 0 Å². The molecule has 100 valence electrons. The molecule has 18 heavy (non-hydrogen) atoms. The van der Waals surface area contributed by atoms with E-state index in [9.17, 15) is 4.79 Å². The summed E-state index contributed by atoms with van der Waals surface area (Å²) in [5.74, 6) is -0.397. The number of carboxylic acid groups (broad SMARTS) is 1. The number of hydrogen-bond acceptors (Lipinski definition) is 5. The van der Waals surface area contributed by atoms with Gasteiger partial charge < -0.3 is 15.2 Å². The molecule has 0 amide bonds. The second kappa shape index (κ2) is 5.67. The van der Waals surface area contributed by atoms with Gasteiger partial charge in [-0.3, -0.25) is 0 Å². The third-order valence-corrected chi connectivity index (χ3v) is 4.23. The predicted octanol–water partition coefficient (Wildman–Crippen LogP) is 2.38. The van der Waals surface area contributed by atoms with Crippen molar-refractivity contribution in [1.29, 1.82) is 0 Å². The molecule has 1 fully saturated rings. The Labute approximate surface area is 110 Å². The minimum absolute atomic E-state index is 0.154. The highest BCUT2D eigenvalue weighted by atomic mass is 32.1. The molecule has 1 atom stereocenters. The van der Waals surface area contributed by atoms with Crippen LogP contribution >= 0.6 is 11.3 Å². The van der Waals surface area contributed by atoms with E-state index in [1.807, 2.05) is 0 Å². The Balaban J connectivity index is 2.00. The minimum Gasteiger partial charge on any atom is -0.476 e. The third kappa shape index (κ3) is 3.00. The summed E-state index contributed by atoms with van der Waals surface area (Å²) in [6.07, 6.45) is 2.09. The normalized spacial score (nSPS) is 18.6. The molecule has 1 aliphatic heterocycles. The smallest absolute Gasteiger partial charge is 0.355 e. The highest BCUT2D eigenvalue weighted by Gasteiger charge is 2.22. The molecule has 2 N–H and O–H groups in total. The highest BCUT2D eigenvalue weighted by Crippen LogP contribution is 2.26. The molecule has 2 heterocycles. The SMILES string of the molecule is Cc1sc(NC(C)C2CCOCC2)nc1C(=O)O. The molecule has 1 aliphatic rings. The van der Waals surface area contributed by atoms with E-state index in [0.29, 0.717) is 17.1 Å². The molecule has 0 bridgehead atoms. The minimum atomic E-state index is -0.962. The fraction of sp³-hybridized carbons (Fsp3) is 0.667. The molecule has 6 heteroatoms. The van der Waals surface area contributed by atoms with Crippen molar-refractivity contribution in [3.8, 4) is 0 Å². The van der Waals surface area contributed by atoms with Crippen molar-refractivity contribution in [2.45, 2.75) is 32.7 Å². The van der Waals surface area contributed by atoms with Crippen LogP contribution in [0.15, 0.2) is 0 Å². The molecule has 1 saturated heterocycles. The fourth-order valence-electron chi connectivity index (χ4n) is 2.19. The lowest BCUT2D eigenvalue weighted by atomic mass is 9.93.